The Hall–Kier alpha value is -2.99. The van der Waals surface area contributed by atoms with Crippen LogP contribution in [0.4, 0.5) is 0 Å². The van der Waals surface area contributed by atoms with Gasteiger partial charge in [-0.3, -0.25) is 4.79 Å². The molecule has 0 amide bonds. The normalized spacial score (nSPS) is 12.2. The van der Waals surface area contributed by atoms with E-state index in [9.17, 15) is 4.79 Å². The quantitative estimate of drug-likeness (QED) is 0.630. The Kier molecular flexibility index (Phi) is 5.90. The molecule has 0 bridgehead atoms. The molecule has 0 N–H and O–H groups in total. The van der Waals surface area contributed by atoms with E-state index in [-0.39, 0.29) is 5.43 Å². The Bertz CT molecular complexity index is 1020. The summed E-state index contributed by atoms with van der Waals surface area (Å²) in [5, 5.41) is 0.397. The molecule has 0 saturated carbocycles. The second kappa shape index (κ2) is 8.35. The molecular weight excluding hydrogens is 360 g/mol. The Labute approximate surface area is 163 Å². The molecular formula is C22H24O6. The lowest BCUT2D eigenvalue weighted by molar-refractivity contribution is 0.396. The number of rotatable bonds is 4. The summed E-state index contributed by atoms with van der Waals surface area (Å²) < 4.78 is 26.5. The molecule has 0 spiro atoms. The van der Waals surface area contributed by atoms with Crippen LogP contribution in [0.1, 0.15) is 11.1 Å². The third-order valence-corrected chi connectivity index (χ3v) is 4.38. The SMILES string of the molecule is C1CO1.COc1cc(OC)c2c(=O)cc(-c3cc(C)c(OC)c(C)c3)oc2c1. The molecule has 4 rings (SSSR count). The third kappa shape index (κ3) is 4.12. The summed E-state index contributed by atoms with van der Waals surface area (Å²) in [7, 11) is 4.71. The van der Waals surface area contributed by atoms with E-state index < -0.39 is 0 Å². The first-order valence-electron chi connectivity index (χ1n) is 8.91. The molecule has 28 heavy (non-hydrogen) atoms. The van der Waals surface area contributed by atoms with Crippen molar-refractivity contribution in [3.05, 3.63) is 51.7 Å². The molecule has 0 atom stereocenters. The van der Waals surface area contributed by atoms with Crippen LogP contribution in [0.25, 0.3) is 22.3 Å². The van der Waals surface area contributed by atoms with Gasteiger partial charge >= 0.3 is 0 Å². The molecule has 0 aliphatic carbocycles. The van der Waals surface area contributed by atoms with E-state index in [0.29, 0.717) is 28.2 Å². The Morgan fingerprint density at radius 2 is 1.50 bits per heavy atom. The number of ether oxygens (including phenoxy) is 4. The topological polar surface area (TPSA) is 70.4 Å². The first-order chi connectivity index (χ1) is 13.5. The van der Waals surface area contributed by atoms with Crippen molar-refractivity contribution in [2.75, 3.05) is 34.5 Å². The summed E-state index contributed by atoms with van der Waals surface area (Å²) in [4.78, 5) is 12.6. The Balaban J connectivity index is 0.000000684. The lowest BCUT2D eigenvalue weighted by Gasteiger charge is -2.12. The van der Waals surface area contributed by atoms with E-state index in [2.05, 4.69) is 4.74 Å². The highest BCUT2D eigenvalue weighted by atomic mass is 16.6. The summed E-state index contributed by atoms with van der Waals surface area (Å²) in [5.74, 6) is 2.31. The van der Waals surface area contributed by atoms with Gasteiger partial charge in [-0.05, 0) is 37.1 Å². The van der Waals surface area contributed by atoms with E-state index in [1.807, 2.05) is 26.0 Å². The number of epoxide rings is 1. The minimum absolute atomic E-state index is 0.165. The molecule has 6 heteroatoms. The molecule has 148 valence electrons. The molecule has 2 heterocycles. The van der Waals surface area contributed by atoms with Crippen LogP contribution in [0.5, 0.6) is 17.2 Å². The minimum Gasteiger partial charge on any atom is -0.496 e. The maximum absolute atomic E-state index is 12.6. The highest BCUT2D eigenvalue weighted by Crippen LogP contribution is 2.34. The van der Waals surface area contributed by atoms with Crippen molar-refractivity contribution >= 4 is 11.0 Å². The second-order valence-electron chi connectivity index (χ2n) is 6.43. The lowest BCUT2D eigenvalue weighted by Crippen LogP contribution is -2.03. The molecule has 6 nitrogen and oxygen atoms in total. The van der Waals surface area contributed by atoms with Crippen molar-refractivity contribution in [1.29, 1.82) is 0 Å². The Morgan fingerprint density at radius 1 is 0.857 bits per heavy atom. The van der Waals surface area contributed by atoms with Crippen molar-refractivity contribution in [3.8, 4) is 28.6 Å². The Morgan fingerprint density at radius 3 is 2.00 bits per heavy atom. The van der Waals surface area contributed by atoms with Crippen LogP contribution in [0.3, 0.4) is 0 Å². The van der Waals surface area contributed by atoms with Gasteiger partial charge in [0.1, 0.15) is 34.0 Å². The highest BCUT2D eigenvalue weighted by Gasteiger charge is 2.15. The molecule has 0 unspecified atom stereocenters. The fraction of sp³-hybridized carbons (Fsp3) is 0.318. The molecule has 1 aromatic heterocycles. The van der Waals surface area contributed by atoms with Crippen LogP contribution in [0.15, 0.2) is 39.5 Å². The zero-order valence-corrected chi connectivity index (χ0v) is 16.8. The predicted molar refractivity (Wildman–Crippen MR) is 108 cm³/mol. The molecule has 2 aromatic carbocycles. The van der Waals surface area contributed by atoms with Crippen LogP contribution < -0.4 is 19.6 Å². The van der Waals surface area contributed by atoms with Crippen LogP contribution >= 0.6 is 0 Å². The van der Waals surface area contributed by atoms with Gasteiger partial charge in [0.15, 0.2) is 5.43 Å². The maximum Gasteiger partial charge on any atom is 0.197 e. The van der Waals surface area contributed by atoms with Gasteiger partial charge in [-0.1, -0.05) is 0 Å². The van der Waals surface area contributed by atoms with Crippen molar-refractivity contribution in [1.82, 2.24) is 0 Å². The van der Waals surface area contributed by atoms with E-state index >= 15 is 0 Å². The van der Waals surface area contributed by atoms with Crippen LogP contribution in [-0.4, -0.2) is 34.5 Å². The van der Waals surface area contributed by atoms with Crippen molar-refractivity contribution in [2.24, 2.45) is 0 Å². The standard InChI is InChI=1S/C20H20O5.C2H4O/c1-11-6-13(7-12(2)20(11)24-5)16-10-15(21)19-17(23-4)8-14(22-3)9-18(19)25-16;1-2-3-1/h6-10H,1-5H3;1-2H2. The largest absolute Gasteiger partial charge is 0.496 e. The third-order valence-electron chi connectivity index (χ3n) is 4.38. The van der Waals surface area contributed by atoms with E-state index in [4.69, 9.17) is 18.6 Å². The number of fused-ring (bicyclic) bond motifs is 1. The van der Waals surface area contributed by atoms with Crippen LogP contribution in [0, 0.1) is 13.8 Å². The fourth-order valence-electron chi connectivity index (χ4n) is 3.06. The number of hydrogen-bond donors (Lipinski definition) is 0. The average Bonchev–Trinajstić information content (AvgIpc) is 3.55. The maximum atomic E-state index is 12.6. The van der Waals surface area contributed by atoms with Gasteiger partial charge in [0.05, 0.1) is 34.5 Å². The zero-order valence-electron chi connectivity index (χ0n) is 16.8. The van der Waals surface area contributed by atoms with Gasteiger partial charge in [0.2, 0.25) is 0 Å². The second-order valence-corrected chi connectivity index (χ2v) is 6.43. The highest BCUT2D eigenvalue weighted by molar-refractivity contribution is 5.86. The summed E-state index contributed by atoms with van der Waals surface area (Å²) in [6, 6.07) is 8.71. The molecule has 1 saturated heterocycles. The van der Waals surface area contributed by atoms with E-state index in [1.54, 1.807) is 26.4 Å². The zero-order chi connectivity index (χ0) is 20.3. The molecule has 0 radical (unpaired) electrons. The minimum atomic E-state index is -0.165. The predicted octanol–water partition coefficient (Wildman–Crippen LogP) is 4.12. The number of methoxy groups -OCH3 is 3. The summed E-state index contributed by atoms with van der Waals surface area (Å²) in [6.45, 7) is 5.92. The number of aryl methyl sites for hydroxylation is 2. The van der Waals surface area contributed by atoms with Crippen molar-refractivity contribution in [2.45, 2.75) is 13.8 Å². The van der Waals surface area contributed by atoms with Gasteiger partial charge in [-0.25, -0.2) is 0 Å². The smallest absolute Gasteiger partial charge is 0.197 e. The average molecular weight is 384 g/mol. The van der Waals surface area contributed by atoms with Gasteiger partial charge in [0, 0.05) is 23.8 Å². The number of benzene rings is 2. The van der Waals surface area contributed by atoms with Gasteiger partial charge in [-0.15, -0.1) is 0 Å². The first-order valence-corrected chi connectivity index (χ1v) is 8.91. The fourth-order valence-corrected chi connectivity index (χ4v) is 3.06. The van der Waals surface area contributed by atoms with Crippen LogP contribution in [-0.2, 0) is 4.74 Å². The van der Waals surface area contributed by atoms with Gasteiger partial charge < -0.3 is 23.4 Å². The van der Waals surface area contributed by atoms with E-state index in [0.717, 1.165) is 35.7 Å². The van der Waals surface area contributed by atoms with Crippen LogP contribution in [0.2, 0.25) is 0 Å². The molecule has 3 aromatic rings. The number of hydrogen-bond acceptors (Lipinski definition) is 6. The van der Waals surface area contributed by atoms with E-state index in [1.165, 1.54) is 13.2 Å². The first kappa shape index (κ1) is 19.8. The summed E-state index contributed by atoms with van der Waals surface area (Å²) >= 11 is 0. The van der Waals surface area contributed by atoms with Gasteiger partial charge in [0.25, 0.3) is 0 Å². The molecule has 1 aliphatic rings. The monoisotopic (exact) mass is 384 g/mol. The summed E-state index contributed by atoms with van der Waals surface area (Å²) in [6.07, 6.45) is 0. The molecule has 1 aliphatic heterocycles. The lowest BCUT2D eigenvalue weighted by atomic mass is 10.0. The summed E-state index contributed by atoms with van der Waals surface area (Å²) in [5.41, 5.74) is 3.02. The molecule has 1 fully saturated rings. The van der Waals surface area contributed by atoms with Crippen molar-refractivity contribution < 1.29 is 23.4 Å². The van der Waals surface area contributed by atoms with Gasteiger partial charge in [-0.2, -0.15) is 0 Å². The van der Waals surface area contributed by atoms with Crippen molar-refractivity contribution in [3.63, 3.8) is 0 Å².